The Morgan fingerprint density at radius 3 is 2.68 bits per heavy atom. The van der Waals surface area contributed by atoms with Gasteiger partial charge in [-0.3, -0.25) is 13.9 Å². The molecular formula is C25H24ClN5O3. The zero-order valence-corrected chi connectivity index (χ0v) is 19.6. The summed E-state index contributed by atoms with van der Waals surface area (Å²) in [6, 6.07) is 11.4. The highest BCUT2D eigenvalue weighted by atomic mass is 35.5. The second-order valence-corrected chi connectivity index (χ2v) is 9.82. The summed E-state index contributed by atoms with van der Waals surface area (Å²) >= 11 is 6.76. The van der Waals surface area contributed by atoms with Crippen LogP contribution in [0.25, 0.3) is 28.0 Å². The highest BCUT2D eigenvalue weighted by Gasteiger charge is 2.62. The summed E-state index contributed by atoms with van der Waals surface area (Å²) in [7, 11) is 1.90. The molecule has 1 amide bonds. The molecule has 9 heteroatoms. The molecule has 4 aromatic rings. The minimum Gasteiger partial charge on any atom is -0.393 e. The van der Waals surface area contributed by atoms with Gasteiger partial charge in [0.25, 0.3) is 5.91 Å². The summed E-state index contributed by atoms with van der Waals surface area (Å²) in [5.41, 5.74) is 4.68. The fraction of sp³-hybridized carbons (Fsp3) is 0.320. The summed E-state index contributed by atoms with van der Waals surface area (Å²) in [5, 5.41) is 17.6. The number of nitrogens with zero attached hydrogens (tertiary/aromatic N) is 4. The van der Waals surface area contributed by atoms with E-state index < -0.39 is 11.1 Å². The van der Waals surface area contributed by atoms with Gasteiger partial charge in [-0.2, -0.15) is 5.10 Å². The minimum absolute atomic E-state index is 0.0219. The summed E-state index contributed by atoms with van der Waals surface area (Å²) < 4.78 is 9.26. The van der Waals surface area contributed by atoms with Crippen LogP contribution in [-0.2, 0) is 11.8 Å². The van der Waals surface area contributed by atoms with Crippen molar-refractivity contribution in [2.45, 2.75) is 30.9 Å². The minimum atomic E-state index is -0.483. The first kappa shape index (κ1) is 21.3. The molecule has 1 aromatic carbocycles. The number of pyridine rings is 1. The molecule has 0 atom stereocenters. The van der Waals surface area contributed by atoms with E-state index in [1.165, 1.54) is 0 Å². The topological polar surface area (TPSA) is 93.7 Å². The number of carbonyl (C=O) groups excluding carboxylic acids is 1. The average molecular weight is 478 g/mol. The number of aryl methyl sites for hydroxylation is 2. The zero-order chi connectivity index (χ0) is 23.7. The van der Waals surface area contributed by atoms with E-state index in [1.807, 2.05) is 44.4 Å². The lowest BCUT2D eigenvalue weighted by molar-refractivity contribution is -0.0494. The number of aliphatic hydroxyl groups excluding tert-OH is 1. The number of aliphatic hydroxyl groups is 1. The van der Waals surface area contributed by atoms with Crippen LogP contribution in [0, 0.1) is 6.92 Å². The van der Waals surface area contributed by atoms with Crippen molar-refractivity contribution in [3.63, 3.8) is 0 Å². The van der Waals surface area contributed by atoms with Gasteiger partial charge in [-0.1, -0.05) is 35.9 Å². The molecule has 34 heavy (non-hydrogen) atoms. The molecule has 7 rings (SSSR count). The van der Waals surface area contributed by atoms with Gasteiger partial charge in [0.05, 0.1) is 30.0 Å². The standard InChI is InChI=1S/C25H24ClN5O3/c1-15-19(10-30(2)29-15)17-5-3-4-6-18(17)21-22(26)31-8-7-16(9-20(31)27-21)23(33)28-24-11-25(12-24,13-32)34-14-24/h3-10,32H,11-14H2,1-2H3,(H,28,33). The van der Waals surface area contributed by atoms with Crippen LogP contribution in [-0.4, -0.2) is 54.5 Å². The van der Waals surface area contributed by atoms with Gasteiger partial charge < -0.3 is 15.2 Å². The SMILES string of the molecule is Cc1nn(C)cc1-c1ccccc1-c1nc2cc(C(=O)NC34COC(CO)(C3)C4)ccn2c1Cl. The molecule has 174 valence electrons. The van der Waals surface area contributed by atoms with Gasteiger partial charge in [0.2, 0.25) is 0 Å². The first-order chi connectivity index (χ1) is 16.3. The van der Waals surface area contributed by atoms with E-state index in [0.717, 1.165) is 22.4 Å². The van der Waals surface area contributed by atoms with Crippen LogP contribution in [0.3, 0.4) is 0 Å². The number of ether oxygens (including phenoxy) is 1. The number of imidazole rings is 1. The van der Waals surface area contributed by atoms with Crippen molar-refractivity contribution in [3.8, 4) is 22.4 Å². The molecule has 2 N–H and O–H groups in total. The second-order valence-electron chi connectivity index (χ2n) is 9.46. The van der Waals surface area contributed by atoms with Crippen LogP contribution >= 0.6 is 11.6 Å². The lowest BCUT2D eigenvalue weighted by atomic mass is 9.68. The second kappa shape index (κ2) is 7.40. The van der Waals surface area contributed by atoms with Gasteiger partial charge >= 0.3 is 0 Å². The van der Waals surface area contributed by atoms with Crippen LogP contribution in [0.15, 0.2) is 48.8 Å². The Balaban J connectivity index is 1.35. The number of carbonyl (C=O) groups is 1. The van der Waals surface area contributed by atoms with Crippen molar-refractivity contribution in [1.82, 2.24) is 24.5 Å². The molecule has 0 unspecified atom stereocenters. The maximum atomic E-state index is 13.0. The number of hydrogen-bond acceptors (Lipinski definition) is 5. The molecule has 1 aliphatic carbocycles. The molecule has 2 bridgehead atoms. The van der Waals surface area contributed by atoms with Gasteiger partial charge in [0.15, 0.2) is 0 Å². The van der Waals surface area contributed by atoms with E-state index >= 15 is 0 Å². The Hall–Kier alpha value is -3.20. The van der Waals surface area contributed by atoms with Gasteiger partial charge in [-0.05, 0) is 24.6 Å². The van der Waals surface area contributed by atoms with Crippen molar-refractivity contribution in [3.05, 3.63) is 65.2 Å². The number of hydrogen-bond donors (Lipinski definition) is 2. The Bertz CT molecular complexity index is 1450. The third kappa shape index (κ3) is 3.17. The maximum Gasteiger partial charge on any atom is 0.251 e. The molecule has 1 saturated carbocycles. The monoisotopic (exact) mass is 477 g/mol. The van der Waals surface area contributed by atoms with E-state index in [4.69, 9.17) is 21.3 Å². The van der Waals surface area contributed by atoms with E-state index in [2.05, 4.69) is 10.4 Å². The molecular weight excluding hydrogens is 454 g/mol. The van der Waals surface area contributed by atoms with Gasteiger partial charge in [0.1, 0.15) is 16.5 Å². The van der Waals surface area contributed by atoms with Crippen LogP contribution < -0.4 is 5.32 Å². The number of amides is 1. The zero-order valence-electron chi connectivity index (χ0n) is 18.9. The molecule has 5 heterocycles. The normalized spacial score (nSPS) is 23.3. The third-order valence-corrected chi connectivity index (χ3v) is 7.32. The van der Waals surface area contributed by atoms with Crippen LogP contribution in [0.1, 0.15) is 28.9 Å². The molecule has 0 spiro atoms. The summed E-state index contributed by atoms with van der Waals surface area (Å²) in [5.74, 6) is -0.188. The van der Waals surface area contributed by atoms with Gasteiger partial charge in [-0.15, -0.1) is 0 Å². The average Bonchev–Trinajstić information content (AvgIpc) is 3.54. The molecule has 2 aliphatic heterocycles. The summed E-state index contributed by atoms with van der Waals surface area (Å²) in [6.45, 7) is 2.38. The maximum absolute atomic E-state index is 13.0. The number of benzene rings is 1. The van der Waals surface area contributed by atoms with Crippen LogP contribution in [0.2, 0.25) is 5.15 Å². The van der Waals surface area contributed by atoms with Crippen molar-refractivity contribution in [2.75, 3.05) is 13.2 Å². The van der Waals surface area contributed by atoms with E-state index in [9.17, 15) is 9.90 Å². The predicted molar refractivity (Wildman–Crippen MR) is 128 cm³/mol. The molecule has 3 aromatic heterocycles. The Morgan fingerprint density at radius 2 is 2.00 bits per heavy atom. The predicted octanol–water partition coefficient (Wildman–Crippen LogP) is 3.39. The Morgan fingerprint density at radius 1 is 1.24 bits per heavy atom. The summed E-state index contributed by atoms with van der Waals surface area (Å²) in [6.07, 6.45) is 5.02. The smallest absolute Gasteiger partial charge is 0.251 e. The largest absolute Gasteiger partial charge is 0.393 e. The number of fused-ring (bicyclic) bond motifs is 2. The number of aromatic nitrogens is 4. The van der Waals surface area contributed by atoms with Crippen molar-refractivity contribution in [2.24, 2.45) is 7.05 Å². The third-order valence-electron chi connectivity index (χ3n) is 6.96. The highest BCUT2D eigenvalue weighted by Crippen LogP contribution is 2.51. The first-order valence-electron chi connectivity index (χ1n) is 11.2. The molecule has 2 saturated heterocycles. The van der Waals surface area contributed by atoms with E-state index in [-0.39, 0.29) is 12.5 Å². The molecule has 0 radical (unpaired) electrons. The van der Waals surface area contributed by atoms with Crippen molar-refractivity contribution >= 4 is 23.2 Å². The number of nitrogens with one attached hydrogen (secondary N) is 1. The fourth-order valence-corrected chi connectivity index (χ4v) is 5.67. The Kier molecular flexibility index (Phi) is 4.64. The van der Waals surface area contributed by atoms with Gasteiger partial charge in [0, 0.05) is 49.0 Å². The number of rotatable bonds is 5. The fourth-order valence-electron chi connectivity index (χ4n) is 5.39. The van der Waals surface area contributed by atoms with Crippen LogP contribution in [0.4, 0.5) is 0 Å². The molecule has 3 aliphatic rings. The lowest BCUT2D eigenvalue weighted by Gasteiger charge is -2.43. The quantitative estimate of drug-likeness (QED) is 0.459. The highest BCUT2D eigenvalue weighted by molar-refractivity contribution is 6.32. The Labute approximate surface area is 201 Å². The molecule has 3 fully saturated rings. The molecule has 8 nitrogen and oxygen atoms in total. The van der Waals surface area contributed by atoms with E-state index in [1.54, 1.807) is 27.4 Å². The van der Waals surface area contributed by atoms with Crippen LogP contribution in [0.5, 0.6) is 0 Å². The van der Waals surface area contributed by atoms with Crippen molar-refractivity contribution < 1.29 is 14.6 Å². The number of halogens is 1. The van der Waals surface area contributed by atoms with Gasteiger partial charge in [-0.25, -0.2) is 4.98 Å². The summed E-state index contributed by atoms with van der Waals surface area (Å²) in [4.78, 5) is 17.8. The lowest BCUT2D eigenvalue weighted by Crippen LogP contribution is -2.60. The van der Waals surface area contributed by atoms with E-state index in [0.29, 0.717) is 41.5 Å². The first-order valence-corrected chi connectivity index (χ1v) is 11.5. The van der Waals surface area contributed by atoms with Crippen molar-refractivity contribution in [1.29, 1.82) is 0 Å².